The van der Waals surface area contributed by atoms with E-state index in [0.717, 1.165) is 36.9 Å². The Balaban J connectivity index is 1.83. The summed E-state index contributed by atoms with van der Waals surface area (Å²) in [4.78, 5) is 12.3. The summed E-state index contributed by atoms with van der Waals surface area (Å²) < 4.78 is 0. The van der Waals surface area contributed by atoms with Gasteiger partial charge in [-0.15, -0.1) is 0 Å². The van der Waals surface area contributed by atoms with E-state index in [0.29, 0.717) is 16.9 Å². The van der Waals surface area contributed by atoms with E-state index in [1.807, 2.05) is 0 Å². The Hall–Kier alpha value is -2.61. The molecule has 0 spiro atoms. The van der Waals surface area contributed by atoms with Crippen molar-refractivity contribution in [2.24, 2.45) is 0 Å². The molecule has 0 saturated carbocycles. The lowest BCUT2D eigenvalue weighted by Crippen LogP contribution is -2.15. The molecule has 0 bridgehead atoms. The van der Waals surface area contributed by atoms with Crippen molar-refractivity contribution in [1.29, 1.82) is 5.26 Å². The molecule has 5 nitrogen and oxygen atoms in total. The highest BCUT2D eigenvalue weighted by Crippen LogP contribution is 2.23. The predicted molar refractivity (Wildman–Crippen MR) is 74.3 cm³/mol. The van der Waals surface area contributed by atoms with Crippen molar-refractivity contribution in [1.82, 2.24) is 10.2 Å². The van der Waals surface area contributed by atoms with Gasteiger partial charge in [0.2, 0.25) is 0 Å². The van der Waals surface area contributed by atoms with Gasteiger partial charge in [-0.25, -0.2) is 0 Å². The predicted octanol–water partition coefficient (Wildman–Crippen LogP) is 2.41. The minimum Gasteiger partial charge on any atom is -0.321 e. The second-order valence-corrected chi connectivity index (χ2v) is 4.88. The summed E-state index contributed by atoms with van der Waals surface area (Å²) in [6.45, 7) is 0. The first-order chi connectivity index (χ1) is 9.78. The van der Waals surface area contributed by atoms with Crippen molar-refractivity contribution in [3.8, 4) is 6.07 Å². The molecule has 3 rings (SSSR count). The second kappa shape index (κ2) is 5.17. The zero-order valence-electron chi connectivity index (χ0n) is 10.9. The van der Waals surface area contributed by atoms with Crippen LogP contribution in [0.4, 0.5) is 5.69 Å². The van der Waals surface area contributed by atoms with E-state index in [2.05, 4.69) is 21.6 Å². The standard InChI is InChI=1S/C15H14N4O/c16-9-10-4-3-5-11(8-10)17-15(20)14-12-6-1-2-7-13(12)18-19-14/h3-5,8H,1-2,6-7H2,(H,17,20)(H,18,19). The van der Waals surface area contributed by atoms with Gasteiger partial charge in [0.05, 0.1) is 11.6 Å². The van der Waals surface area contributed by atoms with E-state index in [4.69, 9.17) is 5.26 Å². The van der Waals surface area contributed by atoms with Gasteiger partial charge >= 0.3 is 0 Å². The zero-order valence-corrected chi connectivity index (χ0v) is 10.9. The minimum atomic E-state index is -0.223. The van der Waals surface area contributed by atoms with Crippen LogP contribution in [0.1, 0.15) is 40.2 Å². The van der Waals surface area contributed by atoms with Crippen LogP contribution in [0.15, 0.2) is 24.3 Å². The Morgan fingerprint density at radius 1 is 1.35 bits per heavy atom. The molecule has 1 aromatic heterocycles. The molecule has 1 amide bonds. The highest BCUT2D eigenvalue weighted by Gasteiger charge is 2.21. The number of benzene rings is 1. The molecule has 0 fully saturated rings. The molecule has 1 heterocycles. The van der Waals surface area contributed by atoms with Crippen molar-refractivity contribution in [3.05, 3.63) is 46.8 Å². The SMILES string of the molecule is N#Cc1cccc(NC(=O)c2n[nH]c3c2CCCC3)c1. The summed E-state index contributed by atoms with van der Waals surface area (Å²) in [5.41, 5.74) is 3.72. The maximum Gasteiger partial charge on any atom is 0.276 e. The molecule has 0 aliphatic heterocycles. The quantitative estimate of drug-likeness (QED) is 0.875. The Bertz CT molecular complexity index is 696. The van der Waals surface area contributed by atoms with E-state index in [-0.39, 0.29) is 5.91 Å². The summed E-state index contributed by atoms with van der Waals surface area (Å²) in [6, 6.07) is 8.91. The highest BCUT2D eigenvalue weighted by molar-refractivity contribution is 6.04. The largest absolute Gasteiger partial charge is 0.321 e. The normalized spacial score (nSPS) is 13.3. The average molecular weight is 266 g/mol. The Labute approximate surface area is 116 Å². The van der Waals surface area contributed by atoms with Crippen LogP contribution in [0, 0.1) is 11.3 Å². The number of aromatic nitrogens is 2. The number of nitrogens with zero attached hydrogens (tertiary/aromatic N) is 2. The molecule has 1 aromatic carbocycles. The van der Waals surface area contributed by atoms with Crippen LogP contribution in [-0.2, 0) is 12.8 Å². The van der Waals surface area contributed by atoms with Crippen LogP contribution in [0.25, 0.3) is 0 Å². The summed E-state index contributed by atoms with van der Waals surface area (Å²) in [5, 5.41) is 18.7. The number of carbonyl (C=O) groups excluding carboxylic acids is 1. The lowest BCUT2D eigenvalue weighted by atomic mass is 9.96. The van der Waals surface area contributed by atoms with Crippen molar-refractivity contribution in [3.63, 3.8) is 0 Å². The van der Waals surface area contributed by atoms with Gasteiger partial charge < -0.3 is 5.32 Å². The molecule has 2 aromatic rings. The third-order valence-corrected chi connectivity index (χ3v) is 3.52. The third kappa shape index (κ3) is 2.28. The smallest absolute Gasteiger partial charge is 0.276 e. The van der Waals surface area contributed by atoms with Crippen molar-refractivity contribution < 1.29 is 4.79 Å². The number of fused-ring (bicyclic) bond motifs is 1. The number of hydrogen-bond acceptors (Lipinski definition) is 3. The maximum atomic E-state index is 12.3. The molecular weight excluding hydrogens is 252 g/mol. The van der Waals surface area contributed by atoms with Gasteiger partial charge in [0.25, 0.3) is 5.91 Å². The van der Waals surface area contributed by atoms with Crippen LogP contribution < -0.4 is 5.32 Å². The molecule has 0 atom stereocenters. The van der Waals surface area contributed by atoms with Crippen molar-refractivity contribution >= 4 is 11.6 Å². The number of hydrogen-bond donors (Lipinski definition) is 2. The van der Waals surface area contributed by atoms with Gasteiger partial charge in [-0.1, -0.05) is 6.07 Å². The Morgan fingerprint density at radius 3 is 3.05 bits per heavy atom. The van der Waals surface area contributed by atoms with Crippen molar-refractivity contribution in [2.75, 3.05) is 5.32 Å². The highest BCUT2D eigenvalue weighted by atomic mass is 16.1. The summed E-state index contributed by atoms with van der Waals surface area (Å²) >= 11 is 0. The van der Waals surface area contributed by atoms with E-state index < -0.39 is 0 Å². The average Bonchev–Trinajstić information content (AvgIpc) is 2.91. The molecule has 2 N–H and O–H groups in total. The fraction of sp³-hybridized carbons (Fsp3) is 0.267. The maximum absolute atomic E-state index is 12.3. The van der Waals surface area contributed by atoms with Crippen LogP contribution in [0.3, 0.4) is 0 Å². The second-order valence-electron chi connectivity index (χ2n) is 4.88. The number of amides is 1. The van der Waals surface area contributed by atoms with Crippen LogP contribution >= 0.6 is 0 Å². The van der Waals surface area contributed by atoms with Crippen molar-refractivity contribution in [2.45, 2.75) is 25.7 Å². The Kier molecular flexibility index (Phi) is 3.21. The van der Waals surface area contributed by atoms with E-state index >= 15 is 0 Å². The van der Waals surface area contributed by atoms with Gasteiger partial charge in [0.1, 0.15) is 0 Å². The fourth-order valence-corrected chi connectivity index (χ4v) is 2.53. The number of aromatic amines is 1. The lowest BCUT2D eigenvalue weighted by Gasteiger charge is -2.11. The molecule has 0 radical (unpaired) electrons. The first-order valence-electron chi connectivity index (χ1n) is 6.65. The molecule has 20 heavy (non-hydrogen) atoms. The summed E-state index contributed by atoms with van der Waals surface area (Å²) in [5.74, 6) is -0.223. The minimum absolute atomic E-state index is 0.223. The summed E-state index contributed by atoms with van der Waals surface area (Å²) in [6.07, 6.45) is 4.09. The molecule has 1 aliphatic carbocycles. The first-order valence-corrected chi connectivity index (χ1v) is 6.65. The molecule has 0 unspecified atom stereocenters. The monoisotopic (exact) mass is 266 g/mol. The number of nitrogens with one attached hydrogen (secondary N) is 2. The number of nitriles is 1. The lowest BCUT2D eigenvalue weighted by molar-refractivity contribution is 0.102. The van der Waals surface area contributed by atoms with Crippen LogP contribution in [0.5, 0.6) is 0 Å². The summed E-state index contributed by atoms with van der Waals surface area (Å²) in [7, 11) is 0. The van der Waals surface area contributed by atoms with E-state index in [1.165, 1.54) is 0 Å². The van der Waals surface area contributed by atoms with Gasteiger partial charge in [0, 0.05) is 16.9 Å². The topological polar surface area (TPSA) is 81.6 Å². The van der Waals surface area contributed by atoms with Gasteiger partial charge in [0.15, 0.2) is 5.69 Å². The zero-order chi connectivity index (χ0) is 13.9. The number of aryl methyl sites for hydroxylation is 1. The van der Waals surface area contributed by atoms with Gasteiger partial charge in [-0.3, -0.25) is 9.89 Å². The van der Waals surface area contributed by atoms with Gasteiger partial charge in [-0.05, 0) is 43.9 Å². The van der Waals surface area contributed by atoms with Crippen LogP contribution in [0.2, 0.25) is 0 Å². The fourth-order valence-electron chi connectivity index (χ4n) is 2.53. The van der Waals surface area contributed by atoms with Crippen LogP contribution in [-0.4, -0.2) is 16.1 Å². The number of anilines is 1. The van der Waals surface area contributed by atoms with E-state index in [1.54, 1.807) is 24.3 Å². The third-order valence-electron chi connectivity index (χ3n) is 3.52. The number of carbonyl (C=O) groups is 1. The molecule has 5 heteroatoms. The molecule has 0 saturated heterocycles. The first kappa shape index (κ1) is 12.4. The number of H-pyrrole nitrogens is 1. The molecule has 100 valence electrons. The van der Waals surface area contributed by atoms with Gasteiger partial charge in [-0.2, -0.15) is 10.4 Å². The molecule has 1 aliphatic rings. The van der Waals surface area contributed by atoms with E-state index in [9.17, 15) is 4.79 Å². The number of rotatable bonds is 2. The Morgan fingerprint density at radius 2 is 2.20 bits per heavy atom. The molecular formula is C15H14N4O.